The normalized spacial score (nSPS) is 10.5. The van der Waals surface area contributed by atoms with Gasteiger partial charge in [0.25, 0.3) is 0 Å². The SMILES string of the molecule is CCOc1ccc(NC(=O)CSc2nnc(-c3ccc(OC)c(OC)c3)n2C)cc1. The number of methoxy groups -OCH3 is 2. The van der Waals surface area contributed by atoms with Crippen LogP contribution in [0.15, 0.2) is 47.6 Å². The van der Waals surface area contributed by atoms with Gasteiger partial charge in [-0.1, -0.05) is 11.8 Å². The largest absolute Gasteiger partial charge is 0.494 e. The van der Waals surface area contributed by atoms with E-state index in [1.54, 1.807) is 14.2 Å². The zero-order valence-corrected chi connectivity index (χ0v) is 18.2. The van der Waals surface area contributed by atoms with Gasteiger partial charge in [0.2, 0.25) is 5.91 Å². The van der Waals surface area contributed by atoms with Crippen molar-refractivity contribution in [2.45, 2.75) is 12.1 Å². The Morgan fingerprint density at radius 2 is 1.80 bits per heavy atom. The van der Waals surface area contributed by atoms with Crippen molar-refractivity contribution >= 4 is 23.4 Å². The van der Waals surface area contributed by atoms with E-state index in [-0.39, 0.29) is 11.7 Å². The van der Waals surface area contributed by atoms with Crippen LogP contribution in [0.1, 0.15) is 6.92 Å². The standard InChI is InChI=1S/C21H24N4O4S/c1-5-29-16-9-7-15(8-10-16)22-19(26)13-30-21-24-23-20(25(21)2)14-6-11-17(27-3)18(12-14)28-4/h6-12H,5,13H2,1-4H3,(H,22,26). The Bertz CT molecular complexity index is 1000. The van der Waals surface area contributed by atoms with Crippen molar-refractivity contribution in [3.63, 3.8) is 0 Å². The zero-order chi connectivity index (χ0) is 21.5. The molecule has 0 saturated heterocycles. The Kier molecular flexibility index (Phi) is 7.18. The molecule has 3 rings (SSSR count). The molecule has 0 bridgehead atoms. The monoisotopic (exact) mass is 428 g/mol. The van der Waals surface area contributed by atoms with Gasteiger partial charge in [0, 0.05) is 18.3 Å². The van der Waals surface area contributed by atoms with Gasteiger partial charge in [0.1, 0.15) is 5.75 Å². The van der Waals surface area contributed by atoms with Gasteiger partial charge in [0.15, 0.2) is 22.5 Å². The molecule has 3 aromatic rings. The number of rotatable bonds is 9. The second-order valence-corrected chi connectivity index (χ2v) is 7.17. The molecule has 0 aliphatic carbocycles. The smallest absolute Gasteiger partial charge is 0.234 e. The summed E-state index contributed by atoms with van der Waals surface area (Å²) in [4.78, 5) is 12.3. The highest BCUT2D eigenvalue weighted by atomic mass is 32.2. The summed E-state index contributed by atoms with van der Waals surface area (Å²) in [6.45, 7) is 2.53. The van der Waals surface area contributed by atoms with Crippen LogP contribution in [0.3, 0.4) is 0 Å². The number of hydrogen-bond donors (Lipinski definition) is 1. The van der Waals surface area contributed by atoms with Gasteiger partial charge >= 0.3 is 0 Å². The van der Waals surface area contributed by atoms with Gasteiger partial charge < -0.3 is 24.1 Å². The van der Waals surface area contributed by atoms with E-state index in [2.05, 4.69) is 15.5 Å². The van der Waals surface area contributed by atoms with E-state index >= 15 is 0 Å². The van der Waals surface area contributed by atoms with E-state index < -0.39 is 0 Å². The molecular formula is C21H24N4O4S. The molecule has 30 heavy (non-hydrogen) atoms. The molecule has 0 aliphatic rings. The van der Waals surface area contributed by atoms with Crippen LogP contribution in [-0.2, 0) is 11.8 Å². The number of hydrogen-bond acceptors (Lipinski definition) is 7. The third kappa shape index (κ3) is 5.04. The highest BCUT2D eigenvalue weighted by molar-refractivity contribution is 7.99. The number of thioether (sulfide) groups is 1. The summed E-state index contributed by atoms with van der Waals surface area (Å²) in [6.07, 6.45) is 0. The van der Waals surface area contributed by atoms with Crippen molar-refractivity contribution in [3.05, 3.63) is 42.5 Å². The van der Waals surface area contributed by atoms with Gasteiger partial charge in [0.05, 0.1) is 26.6 Å². The Morgan fingerprint density at radius 3 is 2.47 bits per heavy atom. The minimum Gasteiger partial charge on any atom is -0.494 e. The first kappa shape index (κ1) is 21.5. The predicted molar refractivity (Wildman–Crippen MR) is 117 cm³/mol. The molecule has 1 N–H and O–H groups in total. The number of nitrogens with one attached hydrogen (secondary N) is 1. The average molecular weight is 429 g/mol. The molecule has 0 spiro atoms. The van der Waals surface area contributed by atoms with Crippen LogP contribution < -0.4 is 19.5 Å². The van der Waals surface area contributed by atoms with Gasteiger partial charge in [-0.05, 0) is 49.4 Å². The van der Waals surface area contributed by atoms with Crippen molar-refractivity contribution in [3.8, 4) is 28.6 Å². The van der Waals surface area contributed by atoms with Crippen molar-refractivity contribution in [1.82, 2.24) is 14.8 Å². The van der Waals surface area contributed by atoms with Crippen LogP contribution in [0.4, 0.5) is 5.69 Å². The minimum atomic E-state index is -0.125. The first-order chi connectivity index (χ1) is 14.5. The number of nitrogens with zero attached hydrogens (tertiary/aromatic N) is 3. The fourth-order valence-electron chi connectivity index (χ4n) is 2.80. The lowest BCUT2D eigenvalue weighted by atomic mass is 10.2. The lowest BCUT2D eigenvalue weighted by molar-refractivity contribution is -0.113. The maximum absolute atomic E-state index is 12.3. The number of ether oxygens (including phenoxy) is 3. The quantitative estimate of drug-likeness (QED) is 0.521. The summed E-state index contributed by atoms with van der Waals surface area (Å²) in [5.74, 6) is 2.79. The minimum absolute atomic E-state index is 0.125. The van der Waals surface area contributed by atoms with E-state index in [1.165, 1.54) is 11.8 Å². The van der Waals surface area contributed by atoms with Crippen molar-refractivity contribution < 1.29 is 19.0 Å². The molecule has 0 aliphatic heterocycles. The van der Waals surface area contributed by atoms with Crippen molar-refractivity contribution in [2.75, 3.05) is 31.9 Å². The third-order valence-corrected chi connectivity index (χ3v) is 5.28. The van der Waals surface area contributed by atoms with Gasteiger partial charge in [-0.2, -0.15) is 0 Å². The van der Waals surface area contributed by atoms with E-state index in [1.807, 2.05) is 61.0 Å². The summed E-state index contributed by atoms with van der Waals surface area (Å²) >= 11 is 1.32. The second kappa shape index (κ2) is 10.0. The molecule has 0 radical (unpaired) electrons. The number of carbonyl (C=O) groups is 1. The predicted octanol–water partition coefficient (Wildman–Crippen LogP) is 3.63. The number of amides is 1. The average Bonchev–Trinajstić information content (AvgIpc) is 3.13. The molecule has 1 amide bonds. The molecule has 2 aromatic carbocycles. The van der Waals surface area contributed by atoms with Crippen LogP contribution in [0.5, 0.6) is 17.2 Å². The van der Waals surface area contributed by atoms with Crippen LogP contribution in [0.2, 0.25) is 0 Å². The van der Waals surface area contributed by atoms with Crippen LogP contribution in [0.25, 0.3) is 11.4 Å². The Hall–Kier alpha value is -3.20. The van der Waals surface area contributed by atoms with E-state index in [9.17, 15) is 4.79 Å². The summed E-state index contributed by atoms with van der Waals surface area (Å²) in [5, 5.41) is 12.0. The van der Waals surface area contributed by atoms with E-state index in [0.717, 1.165) is 11.3 Å². The number of carbonyl (C=O) groups excluding carboxylic acids is 1. The van der Waals surface area contributed by atoms with Crippen molar-refractivity contribution in [1.29, 1.82) is 0 Å². The molecular weight excluding hydrogens is 404 g/mol. The highest BCUT2D eigenvalue weighted by Gasteiger charge is 2.15. The lowest BCUT2D eigenvalue weighted by Gasteiger charge is -2.09. The number of benzene rings is 2. The highest BCUT2D eigenvalue weighted by Crippen LogP contribution is 2.32. The van der Waals surface area contributed by atoms with E-state index in [4.69, 9.17) is 14.2 Å². The zero-order valence-electron chi connectivity index (χ0n) is 17.3. The molecule has 0 saturated carbocycles. The van der Waals surface area contributed by atoms with Crippen LogP contribution in [-0.4, -0.2) is 47.3 Å². The summed E-state index contributed by atoms with van der Waals surface area (Å²) in [5.41, 5.74) is 1.56. The third-order valence-electron chi connectivity index (χ3n) is 4.26. The summed E-state index contributed by atoms with van der Waals surface area (Å²) in [7, 11) is 5.04. The molecule has 158 valence electrons. The Labute approximate surface area is 179 Å². The molecule has 8 nitrogen and oxygen atoms in total. The first-order valence-electron chi connectivity index (χ1n) is 9.33. The van der Waals surface area contributed by atoms with Crippen LogP contribution >= 0.6 is 11.8 Å². The Balaban J connectivity index is 1.63. The lowest BCUT2D eigenvalue weighted by Crippen LogP contribution is -2.14. The van der Waals surface area contributed by atoms with E-state index in [0.29, 0.717) is 34.8 Å². The summed E-state index contributed by atoms with van der Waals surface area (Å²) < 4.78 is 17.9. The number of aromatic nitrogens is 3. The maximum Gasteiger partial charge on any atom is 0.234 e. The van der Waals surface area contributed by atoms with Gasteiger partial charge in [-0.25, -0.2) is 0 Å². The molecule has 0 unspecified atom stereocenters. The fraction of sp³-hybridized carbons (Fsp3) is 0.286. The van der Waals surface area contributed by atoms with Crippen LogP contribution in [0, 0.1) is 0 Å². The topological polar surface area (TPSA) is 87.5 Å². The van der Waals surface area contributed by atoms with Gasteiger partial charge in [-0.15, -0.1) is 10.2 Å². The van der Waals surface area contributed by atoms with Gasteiger partial charge in [-0.3, -0.25) is 4.79 Å². The molecule has 1 heterocycles. The molecule has 0 atom stereocenters. The summed E-state index contributed by atoms with van der Waals surface area (Å²) in [6, 6.07) is 12.8. The molecule has 0 fully saturated rings. The first-order valence-corrected chi connectivity index (χ1v) is 10.3. The number of anilines is 1. The molecule has 9 heteroatoms. The maximum atomic E-state index is 12.3. The Morgan fingerprint density at radius 1 is 1.07 bits per heavy atom. The second-order valence-electron chi connectivity index (χ2n) is 6.23. The fourth-order valence-corrected chi connectivity index (χ4v) is 3.51. The van der Waals surface area contributed by atoms with Crippen molar-refractivity contribution in [2.24, 2.45) is 7.05 Å². The molecule has 1 aromatic heterocycles.